The molecule has 3 aromatic rings. The Hall–Kier alpha value is -2.14. The summed E-state index contributed by atoms with van der Waals surface area (Å²) in [6.07, 6.45) is 1.66. The third-order valence-corrected chi connectivity index (χ3v) is 3.71. The molecule has 0 spiro atoms. The van der Waals surface area contributed by atoms with E-state index in [1.807, 2.05) is 18.2 Å². The number of rotatable bonds is 1. The van der Waals surface area contributed by atoms with E-state index >= 15 is 0 Å². The van der Waals surface area contributed by atoms with Crippen LogP contribution in [0.5, 0.6) is 5.75 Å². The largest absolute Gasteiger partial charge is 0.503 e. The van der Waals surface area contributed by atoms with Crippen molar-refractivity contribution in [2.24, 2.45) is 0 Å². The maximum atomic E-state index is 11.3. The van der Waals surface area contributed by atoms with Gasteiger partial charge in [0.1, 0.15) is 0 Å². The molecule has 0 aliphatic rings. The highest BCUT2D eigenvalue weighted by Crippen LogP contribution is 2.22. The number of hydrogen-bond donors (Lipinski definition) is 1. The highest BCUT2D eigenvalue weighted by atomic mass is 32.1. The quantitative estimate of drug-likeness (QED) is 0.729. The normalized spacial score (nSPS) is 10.9. The number of fused-ring (bicyclic) bond motifs is 1. The third-order valence-electron chi connectivity index (χ3n) is 2.90. The van der Waals surface area contributed by atoms with Gasteiger partial charge in [-0.05, 0) is 25.1 Å². The lowest BCUT2D eigenvalue weighted by molar-refractivity contribution is 0.459. The predicted molar refractivity (Wildman–Crippen MR) is 71.6 cm³/mol. The van der Waals surface area contributed by atoms with Gasteiger partial charge in [0.15, 0.2) is 5.75 Å². The van der Waals surface area contributed by atoms with Gasteiger partial charge in [0.05, 0.1) is 21.4 Å². The van der Waals surface area contributed by atoms with Gasteiger partial charge in [-0.2, -0.15) is 0 Å². The molecule has 0 unspecified atom stereocenters. The van der Waals surface area contributed by atoms with Crippen LogP contribution in [0.1, 0.15) is 5.69 Å². The van der Waals surface area contributed by atoms with Crippen molar-refractivity contribution in [1.29, 1.82) is 0 Å². The number of thiazole rings is 1. The molecule has 0 saturated heterocycles. The Bertz CT molecular complexity index is 789. The minimum atomic E-state index is -0.363. The van der Waals surface area contributed by atoms with E-state index in [-0.39, 0.29) is 11.2 Å². The van der Waals surface area contributed by atoms with Crippen LogP contribution in [0.3, 0.4) is 0 Å². The van der Waals surface area contributed by atoms with Gasteiger partial charge in [-0.3, -0.25) is 4.79 Å². The van der Waals surface area contributed by atoms with Crippen LogP contribution < -0.4 is 5.43 Å². The van der Waals surface area contributed by atoms with E-state index in [1.165, 1.54) is 6.07 Å². The summed E-state index contributed by atoms with van der Waals surface area (Å²) in [5, 5.41) is 9.67. The summed E-state index contributed by atoms with van der Waals surface area (Å²) in [6.45, 7) is 1.71. The first-order chi connectivity index (χ1) is 8.66. The fourth-order valence-electron chi connectivity index (χ4n) is 1.90. The molecule has 3 rings (SSSR count). The van der Waals surface area contributed by atoms with Gasteiger partial charge in [0, 0.05) is 18.0 Å². The molecule has 0 aliphatic heterocycles. The maximum Gasteiger partial charge on any atom is 0.223 e. The molecule has 1 aromatic carbocycles. The van der Waals surface area contributed by atoms with E-state index in [9.17, 15) is 9.90 Å². The lowest BCUT2D eigenvalue weighted by Gasteiger charge is -2.11. The lowest BCUT2D eigenvalue weighted by Crippen LogP contribution is -2.08. The highest BCUT2D eigenvalue weighted by molar-refractivity contribution is 7.16. The van der Waals surface area contributed by atoms with E-state index < -0.39 is 0 Å². The number of pyridine rings is 1. The van der Waals surface area contributed by atoms with Gasteiger partial charge in [-0.15, -0.1) is 11.3 Å². The van der Waals surface area contributed by atoms with Gasteiger partial charge in [-0.1, -0.05) is 0 Å². The number of benzene rings is 1. The molecule has 0 aliphatic carbocycles. The van der Waals surface area contributed by atoms with Crippen LogP contribution in [0.15, 0.2) is 40.8 Å². The van der Waals surface area contributed by atoms with Crippen molar-refractivity contribution in [1.82, 2.24) is 9.55 Å². The second kappa shape index (κ2) is 3.96. The SMILES string of the molecule is Cc1c(O)c(=O)ccn1-c1ccc2scnc2c1. The van der Waals surface area contributed by atoms with Gasteiger partial charge < -0.3 is 9.67 Å². The summed E-state index contributed by atoms with van der Waals surface area (Å²) in [6, 6.07) is 7.21. The van der Waals surface area contributed by atoms with Crippen LogP contribution in [0.25, 0.3) is 15.9 Å². The fraction of sp³-hybridized carbons (Fsp3) is 0.0769. The molecule has 0 atom stereocenters. The lowest BCUT2D eigenvalue weighted by atomic mass is 10.2. The van der Waals surface area contributed by atoms with Crippen LogP contribution in [0, 0.1) is 6.92 Å². The molecule has 90 valence electrons. The zero-order valence-electron chi connectivity index (χ0n) is 9.62. The molecule has 5 heteroatoms. The zero-order valence-corrected chi connectivity index (χ0v) is 10.4. The van der Waals surface area contributed by atoms with Crippen molar-refractivity contribution in [2.75, 3.05) is 0 Å². The molecular formula is C13H10N2O2S. The Morgan fingerprint density at radius 1 is 1.33 bits per heavy atom. The van der Waals surface area contributed by atoms with Crippen molar-refractivity contribution < 1.29 is 5.11 Å². The van der Waals surface area contributed by atoms with Crippen LogP contribution in [-0.2, 0) is 0 Å². The smallest absolute Gasteiger partial charge is 0.223 e. The molecule has 2 heterocycles. The van der Waals surface area contributed by atoms with E-state index in [2.05, 4.69) is 4.98 Å². The predicted octanol–water partition coefficient (Wildman–Crippen LogP) is 2.46. The minimum Gasteiger partial charge on any atom is -0.503 e. The summed E-state index contributed by atoms with van der Waals surface area (Å²) < 4.78 is 2.89. The Labute approximate surface area is 107 Å². The fourth-order valence-corrected chi connectivity index (χ4v) is 2.56. The molecule has 0 fully saturated rings. The summed E-state index contributed by atoms with van der Waals surface area (Å²) in [5.74, 6) is -0.212. The van der Waals surface area contributed by atoms with E-state index in [1.54, 1.807) is 34.5 Å². The summed E-state index contributed by atoms with van der Waals surface area (Å²) >= 11 is 1.58. The van der Waals surface area contributed by atoms with E-state index in [0.717, 1.165) is 15.9 Å². The Balaban J connectivity index is 2.25. The van der Waals surface area contributed by atoms with Crippen LogP contribution in [-0.4, -0.2) is 14.7 Å². The Morgan fingerprint density at radius 2 is 2.17 bits per heavy atom. The van der Waals surface area contributed by atoms with E-state index in [4.69, 9.17) is 0 Å². The number of aromatic nitrogens is 2. The average Bonchev–Trinajstić information content (AvgIpc) is 2.83. The molecule has 0 amide bonds. The molecule has 0 saturated carbocycles. The first-order valence-corrected chi connectivity index (χ1v) is 6.29. The second-order valence-corrected chi connectivity index (χ2v) is 4.87. The van der Waals surface area contributed by atoms with Crippen LogP contribution >= 0.6 is 11.3 Å². The van der Waals surface area contributed by atoms with Crippen molar-refractivity contribution >= 4 is 21.6 Å². The summed E-state index contributed by atoms with van der Waals surface area (Å²) in [5.41, 5.74) is 3.75. The molecule has 18 heavy (non-hydrogen) atoms. The first-order valence-electron chi connectivity index (χ1n) is 5.41. The molecule has 0 radical (unpaired) electrons. The van der Waals surface area contributed by atoms with Crippen molar-refractivity contribution in [3.63, 3.8) is 0 Å². The van der Waals surface area contributed by atoms with Gasteiger partial charge >= 0.3 is 0 Å². The standard InChI is InChI=1S/C13H10N2O2S/c1-8-13(17)11(16)4-5-15(8)9-2-3-12-10(6-9)14-7-18-12/h2-7,17H,1H3. The molecule has 4 nitrogen and oxygen atoms in total. The van der Waals surface area contributed by atoms with Crippen molar-refractivity contribution in [3.8, 4) is 11.4 Å². The van der Waals surface area contributed by atoms with E-state index in [0.29, 0.717) is 5.69 Å². The average molecular weight is 258 g/mol. The van der Waals surface area contributed by atoms with Gasteiger partial charge in [-0.25, -0.2) is 4.98 Å². The van der Waals surface area contributed by atoms with Crippen molar-refractivity contribution in [3.05, 3.63) is 51.9 Å². The van der Waals surface area contributed by atoms with Gasteiger partial charge in [0.2, 0.25) is 5.43 Å². The molecule has 1 N–H and O–H groups in total. The Kier molecular flexibility index (Phi) is 2.41. The van der Waals surface area contributed by atoms with Crippen molar-refractivity contribution in [2.45, 2.75) is 6.92 Å². The molecular weight excluding hydrogens is 248 g/mol. The molecule has 0 bridgehead atoms. The maximum absolute atomic E-state index is 11.3. The Morgan fingerprint density at radius 3 is 3.00 bits per heavy atom. The number of nitrogens with zero attached hydrogens (tertiary/aromatic N) is 2. The van der Waals surface area contributed by atoms with Gasteiger partial charge in [0.25, 0.3) is 0 Å². The zero-order chi connectivity index (χ0) is 12.7. The monoisotopic (exact) mass is 258 g/mol. The summed E-state index contributed by atoms with van der Waals surface area (Å²) in [4.78, 5) is 15.6. The number of hydrogen-bond acceptors (Lipinski definition) is 4. The van der Waals surface area contributed by atoms with Crippen LogP contribution in [0.2, 0.25) is 0 Å². The first kappa shape index (κ1) is 11.0. The number of aromatic hydroxyl groups is 1. The highest BCUT2D eigenvalue weighted by Gasteiger charge is 2.07. The van der Waals surface area contributed by atoms with Crippen LogP contribution in [0.4, 0.5) is 0 Å². The topological polar surface area (TPSA) is 55.1 Å². The summed E-state index contributed by atoms with van der Waals surface area (Å²) in [7, 11) is 0. The molecule has 2 aromatic heterocycles. The third kappa shape index (κ3) is 1.60. The minimum absolute atomic E-state index is 0.212. The second-order valence-electron chi connectivity index (χ2n) is 3.99.